The summed E-state index contributed by atoms with van der Waals surface area (Å²) >= 11 is 12.2. The third-order valence-corrected chi connectivity index (χ3v) is 5.29. The number of aryl methyl sites for hydroxylation is 1. The van der Waals surface area contributed by atoms with Gasteiger partial charge in [-0.3, -0.25) is 4.79 Å². The zero-order valence-corrected chi connectivity index (χ0v) is 17.1. The standard InChI is InChI=1S/C22H15Cl2N3O2/c1-3-4-13-5-7-15(19(28)9-13)18-11-20(29)25-22-21(12(2)26-27(18)22)14-6-8-16(23)17(24)10-14/h5-11,28H,1-2H3,(H,25,29). The summed E-state index contributed by atoms with van der Waals surface area (Å²) in [5, 5.41) is 16.0. The number of phenols is 1. The molecule has 7 heteroatoms. The topological polar surface area (TPSA) is 70.4 Å². The maximum atomic E-state index is 12.4. The van der Waals surface area contributed by atoms with Crippen LogP contribution in [-0.4, -0.2) is 19.7 Å². The van der Waals surface area contributed by atoms with Crippen LogP contribution in [0.5, 0.6) is 5.75 Å². The molecule has 0 fully saturated rings. The molecule has 0 radical (unpaired) electrons. The van der Waals surface area contributed by atoms with Gasteiger partial charge >= 0.3 is 0 Å². The number of hydrogen-bond donors (Lipinski definition) is 2. The Labute approximate surface area is 176 Å². The summed E-state index contributed by atoms with van der Waals surface area (Å²) in [6.07, 6.45) is 0. The largest absolute Gasteiger partial charge is 0.507 e. The Morgan fingerprint density at radius 1 is 1.10 bits per heavy atom. The Bertz CT molecular complexity index is 1390. The summed E-state index contributed by atoms with van der Waals surface area (Å²) in [5.41, 5.74) is 4.01. The van der Waals surface area contributed by atoms with Crippen LogP contribution in [0, 0.1) is 18.8 Å². The second kappa shape index (κ2) is 7.32. The van der Waals surface area contributed by atoms with Crippen molar-refractivity contribution in [3.63, 3.8) is 0 Å². The number of nitrogens with one attached hydrogen (secondary N) is 1. The molecule has 0 atom stereocenters. The number of phenolic OH excluding ortho intramolecular Hbond substituents is 1. The predicted molar refractivity (Wildman–Crippen MR) is 116 cm³/mol. The number of aromatic nitrogens is 3. The van der Waals surface area contributed by atoms with Crippen LogP contribution in [0.3, 0.4) is 0 Å². The van der Waals surface area contributed by atoms with Gasteiger partial charge in [-0.2, -0.15) is 5.10 Å². The SMILES string of the molecule is CC#Cc1ccc(-c2cc(=O)[nH]c3c(-c4ccc(Cl)c(Cl)c4)c(C)nn23)c(O)c1. The molecule has 4 aromatic rings. The Balaban J connectivity index is 2.00. The number of H-pyrrole nitrogens is 1. The van der Waals surface area contributed by atoms with Gasteiger partial charge in [0.05, 0.1) is 21.4 Å². The van der Waals surface area contributed by atoms with Gasteiger partial charge in [-0.05, 0) is 49.7 Å². The fraction of sp³-hybridized carbons (Fsp3) is 0.0909. The second-order valence-corrected chi connectivity index (χ2v) is 7.29. The average Bonchev–Trinajstić information content (AvgIpc) is 3.00. The molecule has 144 valence electrons. The van der Waals surface area contributed by atoms with Crippen molar-refractivity contribution in [1.29, 1.82) is 0 Å². The molecule has 0 amide bonds. The summed E-state index contributed by atoms with van der Waals surface area (Å²) in [4.78, 5) is 15.3. The molecule has 2 N–H and O–H groups in total. The van der Waals surface area contributed by atoms with E-state index in [0.29, 0.717) is 38.2 Å². The fourth-order valence-corrected chi connectivity index (χ4v) is 3.61. The van der Waals surface area contributed by atoms with Crippen LogP contribution in [0.1, 0.15) is 18.2 Å². The van der Waals surface area contributed by atoms with Gasteiger partial charge in [-0.15, -0.1) is 5.92 Å². The summed E-state index contributed by atoms with van der Waals surface area (Å²) in [6.45, 7) is 3.56. The third kappa shape index (κ3) is 3.38. The molecular formula is C22H15Cl2N3O2. The molecular weight excluding hydrogens is 409 g/mol. The summed E-state index contributed by atoms with van der Waals surface area (Å²) in [6, 6.07) is 11.7. The van der Waals surface area contributed by atoms with Gasteiger partial charge in [0, 0.05) is 22.8 Å². The zero-order chi connectivity index (χ0) is 20.7. The molecule has 0 aliphatic rings. The Kier molecular flexibility index (Phi) is 4.83. The molecule has 4 rings (SSSR count). The number of halogens is 2. The lowest BCUT2D eigenvalue weighted by Crippen LogP contribution is -2.10. The summed E-state index contributed by atoms with van der Waals surface area (Å²) in [5.74, 6) is 5.70. The summed E-state index contributed by atoms with van der Waals surface area (Å²) in [7, 11) is 0. The van der Waals surface area contributed by atoms with Crippen LogP contribution in [0.15, 0.2) is 47.3 Å². The van der Waals surface area contributed by atoms with Gasteiger partial charge < -0.3 is 10.1 Å². The molecule has 2 heterocycles. The Hall–Kier alpha value is -3.20. The second-order valence-electron chi connectivity index (χ2n) is 6.48. The first kappa shape index (κ1) is 19.1. The number of aromatic hydroxyl groups is 1. The molecule has 29 heavy (non-hydrogen) atoms. The molecule has 0 aliphatic heterocycles. The highest BCUT2D eigenvalue weighted by atomic mass is 35.5. The molecule has 0 spiro atoms. The quantitative estimate of drug-likeness (QED) is 0.443. The maximum absolute atomic E-state index is 12.4. The first-order valence-corrected chi connectivity index (χ1v) is 9.49. The Morgan fingerprint density at radius 2 is 1.90 bits per heavy atom. The van der Waals surface area contributed by atoms with Gasteiger partial charge in [-0.25, -0.2) is 4.52 Å². The van der Waals surface area contributed by atoms with Gasteiger partial charge in [-0.1, -0.05) is 35.2 Å². The minimum Gasteiger partial charge on any atom is -0.507 e. The van der Waals surface area contributed by atoms with E-state index < -0.39 is 0 Å². The van der Waals surface area contributed by atoms with Crippen LogP contribution in [-0.2, 0) is 0 Å². The van der Waals surface area contributed by atoms with Crippen molar-refractivity contribution in [3.8, 4) is 40.0 Å². The highest BCUT2D eigenvalue weighted by Gasteiger charge is 2.18. The van der Waals surface area contributed by atoms with Crippen molar-refractivity contribution in [2.75, 3.05) is 0 Å². The Morgan fingerprint density at radius 3 is 2.59 bits per heavy atom. The molecule has 0 saturated heterocycles. The number of nitrogens with zero attached hydrogens (tertiary/aromatic N) is 2. The monoisotopic (exact) mass is 423 g/mol. The van der Waals surface area contributed by atoms with Crippen molar-refractivity contribution in [2.45, 2.75) is 13.8 Å². The molecule has 0 aliphatic carbocycles. The van der Waals surface area contributed by atoms with Crippen molar-refractivity contribution < 1.29 is 5.11 Å². The minimum absolute atomic E-state index is 0.0152. The van der Waals surface area contributed by atoms with Crippen LogP contribution in [0.2, 0.25) is 10.0 Å². The van der Waals surface area contributed by atoms with E-state index in [-0.39, 0.29) is 11.3 Å². The van der Waals surface area contributed by atoms with Crippen molar-refractivity contribution in [3.05, 3.63) is 74.1 Å². The van der Waals surface area contributed by atoms with Crippen molar-refractivity contribution in [1.82, 2.24) is 14.6 Å². The average molecular weight is 424 g/mol. The van der Waals surface area contributed by atoms with Crippen molar-refractivity contribution in [2.24, 2.45) is 0 Å². The van der Waals surface area contributed by atoms with E-state index >= 15 is 0 Å². The van der Waals surface area contributed by atoms with E-state index in [0.717, 1.165) is 11.1 Å². The first-order chi connectivity index (χ1) is 13.9. The van der Waals surface area contributed by atoms with E-state index in [1.54, 1.807) is 41.8 Å². The lowest BCUT2D eigenvalue weighted by atomic mass is 10.1. The van der Waals surface area contributed by atoms with Crippen LogP contribution in [0.25, 0.3) is 28.0 Å². The number of benzene rings is 2. The van der Waals surface area contributed by atoms with Gasteiger partial charge in [0.15, 0.2) is 0 Å². The highest BCUT2D eigenvalue weighted by Crippen LogP contribution is 2.35. The maximum Gasteiger partial charge on any atom is 0.251 e. The lowest BCUT2D eigenvalue weighted by Gasteiger charge is -2.08. The van der Waals surface area contributed by atoms with E-state index in [9.17, 15) is 9.90 Å². The molecule has 0 saturated carbocycles. The lowest BCUT2D eigenvalue weighted by molar-refractivity contribution is 0.476. The fourth-order valence-electron chi connectivity index (χ4n) is 3.31. The van der Waals surface area contributed by atoms with E-state index in [1.807, 2.05) is 13.0 Å². The van der Waals surface area contributed by atoms with Gasteiger partial charge in [0.1, 0.15) is 11.4 Å². The number of fused-ring (bicyclic) bond motifs is 1. The number of rotatable bonds is 2. The normalized spacial score (nSPS) is 10.8. The van der Waals surface area contributed by atoms with Crippen LogP contribution in [0.4, 0.5) is 0 Å². The van der Waals surface area contributed by atoms with E-state index in [1.165, 1.54) is 6.07 Å². The zero-order valence-electron chi connectivity index (χ0n) is 15.5. The minimum atomic E-state index is -0.314. The van der Waals surface area contributed by atoms with Gasteiger partial charge in [0.2, 0.25) is 0 Å². The highest BCUT2D eigenvalue weighted by molar-refractivity contribution is 6.42. The summed E-state index contributed by atoms with van der Waals surface area (Å²) < 4.78 is 1.61. The van der Waals surface area contributed by atoms with E-state index in [4.69, 9.17) is 23.2 Å². The van der Waals surface area contributed by atoms with Crippen LogP contribution >= 0.6 is 23.2 Å². The molecule has 2 aromatic heterocycles. The molecule has 5 nitrogen and oxygen atoms in total. The number of hydrogen-bond acceptors (Lipinski definition) is 3. The third-order valence-electron chi connectivity index (χ3n) is 4.55. The predicted octanol–water partition coefficient (Wildman–Crippen LogP) is 5.05. The van der Waals surface area contributed by atoms with Gasteiger partial charge in [0.25, 0.3) is 5.56 Å². The van der Waals surface area contributed by atoms with E-state index in [2.05, 4.69) is 21.9 Å². The molecule has 2 aromatic carbocycles. The first-order valence-electron chi connectivity index (χ1n) is 8.73. The van der Waals surface area contributed by atoms with Crippen molar-refractivity contribution >= 4 is 28.8 Å². The molecule has 0 bridgehead atoms. The molecule has 0 unspecified atom stereocenters. The smallest absolute Gasteiger partial charge is 0.251 e. The number of aromatic amines is 1. The van der Waals surface area contributed by atoms with Crippen LogP contribution < -0.4 is 5.56 Å².